The third-order valence-electron chi connectivity index (χ3n) is 7.15. The smallest absolute Gasteiger partial charge is 0.230 e. The van der Waals surface area contributed by atoms with Crippen molar-refractivity contribution in [3.8, 4) is 22.6 Å². The number of para-hydroxylation sites is 1. The molecular formula is C29H27ClN4O. The molecule has 0 bridgehead atoms. The van der Waals surface area contributed by atoms with Crippen LogP contribution in [0, 0.1) is 5.92 Å². The number of benzene rings is 3. The number of carbonyl (C=O) groups excluding carboxylic acids is 1. The molecule has 1 amide bonds. The van der Waals surface area contributed by atoms with E-state index in [-0.39, 0.29) is 11.8 Å². The number of aromatic nitrogens is 2. The van der Waals surface area contributed by atoms with Crippen molar-refractivity contribution < 1.29 is 4.79 Å². The van der Waals surface area contributed by atoms with E-state index in [0.717, 1.165) is 60.0 Å². The predicted octanol–water partition coefficient (Wildman–Crippen LogP) is 6.20. The van der Waals surface area contributed by atoms with E-state index in [4.69, 9.17) is 16.6 Å². The van der Waals surface area contributed by atoms with Gasteiger partial charge in [-0.25, -0.2) is 4.98 Å². The summed E-state index contributed by atoms with van der Waals surface area (Å²) in [5.41, 5.74) is 6.05. The molecular weight excluding hydrogens is 456 g/mol. The second kappa shape index (κ2) is 9.23. The van der Waals surface area contributed by atoms with E-state index in [1.807, 2.05) is 47.4 Å². The van der Waals surface area contributed by atoms with Gasteiger partial charge in [-0.1, -0.05) is 60.1 Å². The minimum Gasteiger partial charge on any atom is -0.371 e. The number of amides is 1. The molecule has 176 valence electrons. The molecule has 0 atom stereocenters. The molecule has 0 aliphatic carbocycles. The Bertz CT molecular complexity index is 1340. The van der Waals surface area contributed by atoms with Gasteiger partial charge >= 0.3 is 0 Å². The number of piperidine rings is 1. The van der Waals surface area contributed by atoms with Crippen molar-refractivity contribution in [2.75, 3.05) is 29.4 Å². The number of fused-ring (bicyclic) bond motifs is 3. The van der Waals surface area contributed by atoms with Crippen LogP contribution in [0.1, 0.15) is 18.5 Å². The molecule has 2 aliphatic heterocycles. The van der Waals surface area contributed by atoms with Crippen LogP contribution < -0.4 is 9.80 Å². The monoisotopic (exact) mass is 482 g/mol. The van der Waals surface area contributed by atoms with Crippen LogP contribution in [0.15, 0.2) is 78.9 Å². The van der Waals surface area contributed by atoms with Crippen LogP contribution in [0.5, 0.6) is 0 Å². The maximum atomic E-state index is 13.8. The van der Waals surface area contributed by atoms with Crippen LogP contribution >= 0.6 is 11.6 Å². The van der Waals surface area contributed by atoms with Crippen molar-refractivity contribution in [1.29, 1.82) is 0 Å². The number of aromatic amines is 1. The Kier molecular flexibility index (Phi) is 5.78. The lowest BCUT2D eigenvalue weighted by molar-refractivity contribution is -0.123. The van der Waals surface area contributed by atoms with E-state index in [0.29, 0.717) is 18.0 Å². The molecule has 0 saturated carbocycles. The lowest BCUT2D eigenvalue weighted by Crippen LogP contribution is -2.43. The number of anilines is 2. The molecule has 0 radical (unpaired) electrons. The highest BCUT2D eigenvalue weighted by atomic mass is 35.5. The number of halogens is 1. The first-order valence-corrected chi connectivity index (χ1v) is 12.6. The van der Waals surface area contributed by atoms with Gasteiger partial charge in [0.15, 0.2) is 0 Å². The summed E-state index contributed by atoms with van der Waals surface area (Å²) in [6.07, 6.45) is 2.41. The second-order valence-corrected chi connectivity index (χ2v) is 9.71. The van der Waals surface area contributed by atoms with Crippen molar-refractivity contribution in [1.82, 2.24) is 9.97 Å². The topological polar surface area (TPSA) is 52.2 Å². The van der Waals surface area contributed by atoms with E-state index in [1.54, 1.807) is 0 Å². The molecule has 3 heterocycles. The Morgan fingerprint density at radius 3 is 2.37 bits per heavy atom. The van der Waals surface area contributed by atoms with Crippen molar-refractivity contribution in [3.05, 3.63) is 89.6 Å². The minimum absolute atomic E-state index is 0.0165. The summed E-state index contributed by atoms with van der Waals surface area (Å²) in [6, 6.07) is 26.4. The van der Waals surface area contributed by atoms with Crippen LogP contribution in [0.3, 0.4) is 0 Å². The molecule has 0 spiro atoms. The molecule has 4 aromatic rings. The average Bonchev–Trinajstić information content (AvgIpc) is 3.28. The zero-order chi connectivity index (χ0) is 23.8. The molecule has 6 rings (SSSR count). The van der Waals surface area contributed by atoms with Gasteiger partial charge < -0.3 is 14.8 Å². The van der Waals surface area contributed by atoms with Crippen molar-refractivity contribution in [2.24, 2.45) is 5.92 Å². The van der Waals surface area contributed by atoms with Crippen molar-refractivity contribution >= 4 is 28.9 Å². The van der Waals surface area contributed by atoms with Crippen molar-refractivity contribution in [3.63, 3.8) is 0 Å². The highest BCUT2D eigenvalue weighted by Gasteiger charge is 2.33. The first kappa shape index (κ1) is 21.9. The third-order valence-corrected chi connectivity index (χ3v) is 7.38. The van der Waals surface area contributed by atoms with Crippen LogP contribution in [0.25, 0.3) is 22.6 Å². The fraction of sp³-hybridized carbons (Fsp3) is 0.241. The number of H-pyrrole nitrogens is 1. The molecule has 6 heteroatoms. The largest absolute Gasteiger partial charge is 0.371 e. The van der Waals surface area contributed by atoms with E-state index in [2.05, 4.69) is 46.3 Å². The molecule has 1 fully saturated rings. The number of hydrogen-bond acceptors (Lipinski definition) is 3. The summed E-state index contributed by atoms with van der Waals surface area (Å²) in [7, 11) is 0. The Labute approximate surface area is 210 Å². The summed E-state index contributed by atoms with van der Waals surface area (Å²) >= 11 is 6.43. The molecule has 0 unspecified atom stereocenters. The highest BCUT2D eigenvalue weighted by Crippen LogP contribution is 2.39. The maximum Gasteiger partial charge on any atom is 0.230 e. The summed E-state index contributed by atoms with van der Waals surface area (Å²) in [4.78, 5) is 26.6. The quantitative estimate of drug-likeness (QED) is 0.378. The van der Waals surface area contributed by atoms with Crippen LogP contribution in [0.2, 0.25) is 5.02 Å². The number of imidazole rings is 1. The molecule has 1 aromatic heterocycles. The molecule has 35 heavy (non-hydrogen) atoms. The van der Waals surface area contributed by atoms with E-state index in [9.17, 15) is 4.79 Å². The number of nitrogens with one attached hydrogen (secondary N) is 1. The van der Waals surface area contributed by atoms with Gasteiger partial charge in [-0.15, -0.1) is 0 Å². The lowest BCUT2D eigenvalue weighted by atomic mass is 9.94. The van der Waals surface area contributed by atoms with Gasteiger partial charge in [-0.05, 0) is 43.2 Å². The van der Waals surface area contributed by atoms with Gasteiger partial charge in [0.25, 0.3) is 0 Å². The fourth-order valence-corrected chi connectivity index (χ4v) is 5.47. The van der Waals surface area contributed by atoms with Crippen LogP contribution in [-0.4, -0.2) is 35.5 Å². The lowest BCUT2D eigenvalue weighted by Gasteiger charge is -2.35. The average molecular weight is 483 g/mol. The summed E-state index contributed by atoms with van der Waals surface area (Å²) in [5, 5.41) is 0.649. The molecule has 1 saturated heterocycles. The molecule has 2 aliphatic rings. The van der Waals surface area contributed by atoms with E-state index >= 15 is 0 Å². The highest BCUT2D eigenvalue weighted by molar-refractivity contribution is 6.31. The van der Waals surface area contributed by atoms with Gasteiger partial charge in [0.1, 0.15) is 5.82 Å². The number of hydrogen-bond donors (Lipinski definition) is 1. The van der Waals surface area contributed by atoms with Gasteiger partial charge in [0.05, 0.1) is 17.1 Å². The van der Waals surface area contributed by atoms with Crippen LogP contribution in [0.4, 0.5) is 11.4 Å². The Balaban J connectivity index is 1.28. The van der Waals surface area contributed by atoms with E-state index in [1.165, 1.54) is 5.69 Å². The SMILES string of the molecule is O=C(C1CCN(c2ccccc2)CC1)N1CCc2nc(-c3ccccc3)[nH]c2-c2cc(Cl)ccc21. The molecule has 1 N–H and O–H groups in total. The van der Waals surface area contributed by atoms with Gasteiger partial charge in [0, 0.05) is 53.8 Å². The zero-order valence-electron chi connectivity index (χ0n) is 19.5. The Morgan fingerprint density at radius 1 is 0.914 bits per heavy atom. The van der Waals surface area contributed by atoms with Crippen LogP contribution in [-0.2, 0) is 11.2 Å². The minimum atomic E-state index is 0.0165. The summed E-state index contributed by atoms with van der Waals surface area (Å²) in [5.74, 6) is 1.06. The van der Waals surface area contributed by atoms with Gasteiger partial charge in [-0.2, -0.15) is 0 Å². The summed E-state index contributed by atoms with van der Waals surface area (Å²) in [6.45, 7) is 2.39. The first-order chi connectivity index (χ1) is 17.2. The standard InChI is InChI=1S/C29H27ClN4O/c30-22-11-12-26-24(19-22)27-25(31-28(32-27)20-7-3-1-4-8-20)15-18-34(26)29(35)21-13-16-33(17-14-21)23-9-5-2-6-10-23/h1-12,19,21H,13-18H2,(H,31,32). The molecule has 3 aromatic carbocycles. The number of carbonyl (C=O) groups is 1. The Morgan fingerprint density at radius 2 is 1.63 bits per heavy atom. The van der Waals surface area contributed by atoms with Gasteiger partial charge in [-0.3, -0.25) is 4.79 Å². The second-order valence-electron chi connectivity index (χ2n) is 9.27. The first-order valence-electron chi connectivity index (χ1n) is 12.2. The fourth-order valence-electron chi connectivity index (χ4n) is 5.30. The van der Waals surface area contributed by atoms with E-state index < -0.39 is 0 Å². The maximum absolute atomic E-state index is 13.8. The predicted molar refractivity (Wildman–Crippen MR) is 142 cm³/mol. The zero-order valence-corrected chi connectivity index (χ0v) is 20.2. The Hall–Kier alpha value is -3.57. The molecule has 5 nitrogen and oxygen atoms in total. The normalized spacial score (nSPS) is 15.9. The summed E-state index contributed by atoms with van der Waals surface area (Å²) < 4.78 is 0. The third kappa shape index (κ3) is 4.21. The van der Waals surface area contributed by atoms with Gasteiger partial charge in [0.2, 0.25) is 5.91 Å². The number of nitrogens with zero attached hydrogens (tertiary/aromatic N) is 3. The van der Waals surface area contributed by atoms with Crippen molar-refractivity contribution in [2.45, 2.75) is 19.3 Å². The number of rotatable bonds is 3.